The van der Waals surface area contributed by atoms with Crippen LogP contribution < -0.4 is 5.32 Å². The van der Waals surface area contributed by atoms with Gasteiger partial charge in [-0.1, -0.05) is 41.0 Å². The van der Waals surface area contributed by atoms with Crippen molar-refractivity contribution in [2.75, 3.05) is 11.1 Å². The molecule has 0 bridgehead atoms. The second kappa shape index (κ2) is 9.40. The minimum absolute atomic E-state index is 0.0783. The van der Waals surface area contributed by atoms with Crippen molar-refractivity contribution >= 4 is 31.6 Å². The summed E-state index contributed by atoms with van der Waals surface area (Å²) in [4.78, 5) is 12.4. The second-order valence-electron chi connectivity index (χ2n) is 6.86. The molecule has 0 radical (unpaired) electrons. The fraction of sp³-hybridized carbons (Fsp3) is 0.250. The van der Waals surface area contributed by atoms with Gasteiger partial charge in [-0.2, -0.15) is 0 Å². The zero-order valence-corrected chi connectivity index (χ0v) is 18.3. The number of aryl methyl sites for hydroxylation is 1. The average molecular weight is 464 g/mol. The Morgan fingerprint density at radius 2 is 1.55 bits per heavy atom. The lowest BCUT2D eigenvalue weighted by molar-refractivity contribution is -0.116. The topological polar surface area (TPSA) is 136 Å². The van der Waals surface area contributed by atoms with Crippen molar-refractivity contribution in [3.05, 3.63) is 66.1 Å². The van der Waals surface area contributed by atoms with E-state index in [0.29, 0.717) is 0 Å². The molecular weight excluding hydrogens is 442 g/mol. The quantitative estimate of drug-likeness (QED) is 0.511. The van der Waals surface area contributed by atoms with Gasteiger partial charge in [-0.05, 0) is 37.6 Å². The Morgan fingerprint density at radius 3 is 2.23 bits per heavy atom. The Balaban J connectivity index is 1.51. The predicted octanol–water partition coefficient (Wildman–Crippen LogP) is 2.54. The molecular formula is C20H21N3O6S2. The van der Waals surface area contributed by atoms with Crippen LogP contribution in [0, 0.1) is 6.92 Å². The van der Waals surface area contributed by atoms with Crippen LogP contribution in [0.2, 0.25) is 0 Å². The third-order valence-electron chi connectivity index (χ3n) is 4.33. The number of rotatable bonds is 9. The van der Waals surface area contributed by atoms with Gasteiger partial charge in [-0.15, -0.1) is 5.10 Å². The summed E-state index contributed by atoms with van der Waals surface area (Å²) in [5, 5.41) is 9.61. The maximum atomic E-state index is 12.3. The van der Waals surface area contributed by atoms with Crippen molar-refractivity contribution in [1.29, 1.82) is 0 Å². The van der Waals surface area contributed by atoms with Crippen LogP contribution in [-0.4, -0.2) is 38.7 Å². The smallest absolute Gasteiger partial charge is 0.322 e. The maximum Gasteiger partial charge on any atom is 0.322 e. The van der Waals surface area contributed by atoms with Crippen molar-refractivity contribution in [1.82, 2.24) is 10.2 Å². The van der Waals surface area contributed by atoms with Crippen LogP contribution in [0.4, 0.5) is 6.01 Å². The summed E-state index contributed by atoms with van der Waals surface area (Å²) in [6.07, 6.45) is 0.0243. The van der Waals surface area contributed by atoms with Gasteiger partial charge in [-0.25, -0.2) is 16.8 Å². The number of carbonyl (C=O) groups is 1. The molecule has 1 N–H and O–H groups in total. The van der Waals surface area contributed by atoms with Gasteiger partial charge in [0.05, 0.1) is 15.5 Å². The number of amides is 1. The van der Waals surface area contributed by atoms with Crippen LogP contribution in [0.25, 0.3) is 0 Å². The molecule has 9 nitrogen and oxygen atoms in total. The minimum Gasteiger partial charge on any atom is -0.407 e. The number of benzene rings is 2. The first-order chi connectivity index (χ1) is 14.7. The predicted molar refractivity (Wildman–Crippen MR) is 113 cm³/mol. The van der Waals surface area contributed by atoms with E-state index in [0.717, 1.165) is 5.56 Å². The van der Waals surface area contributed by atoms with Crippen LogP contribution >= 0.6 is 0 Å². The van der Waals surface area contributed by atoms with E-state index in [2.05, 4.69) is 15.5 Å². The lowest BCUT2D eigenvalue weighted by Gasteiger charge is -2.05. The molecule has 2 aromatic carbocycles. The molecule has 0 saturated heterocycles. The third kappa shape index (κ3) is 6.22. The van der Waals surface area contributed by atoms with Gasteiger partial charge in [0.15, 0.2) is 19.7 Å². The van der Waals surface area contributed by atoms with Crippen molar-refractivity contribution in [2.45, 2.75) is 35.3 Å². The van der Waals surface area contributed by atoms with Gasteiger partial charge in [0, 0.05) is 6.42 Å². The average Bonchev–Trinajstić information content (AvgIpc) is 3.14. The van der Waals surface area contributed by atoms with Crippen LogP contribution in [0.15, 0.2) is 68.8 Å². The Bertz CT molecular complexity index is 1250. The Kier molecular flexibility index (Phi) is 6.86. The van der Waals surface area contributed by atoms with Gasteiger partial charge in [0.2, 0.25) is 11.8 Å². The number of nitrogens with zero attached hydrogens (tertiary/aromatic N) is 2. The minimum atomic E-state index is -3.66. The largest absolute Gasteiger partial charge is 0.407 e. The molecule has 0 atom stereocenters. The highest BCUT2D eigenvalue weighted by atomic mass is 32.2. The molecule has 0 spiro atoms. The van der Waals surface area contributed by atoms with E-state index in [4.69, 9.17) is 4.42 Å². The fourth-order valence-corrected chi connectivity index (χ4v) is 5.20. The molecule has 3 rings (SSSR count). The number of anilines is 1. The van der Waals surface area contributed by atoms with E-state index >= 15 is 0 Å². The lowest BCUT2D eigenvalue weighted by Crippen LogP contribution is -2.14. The van der Waals surface area contributed by atoms with E-state index in [9.17, 15) is 21.6 Å². The first-order valence-corrected chi connectivity index (χ1v) is 12.7. The number of sulfone groups is 2. The van der Waals surface area contributed by atoms with E-state index in [-0.39, 0.29) is 40.3 Å². The summed E-state index contributed by atoms with van der Waals surface area (Å²) in [6.45, 7) is 1.86. The first kappa shape index (κ1) is 22.6. The highest BCUT2D eigenvalue weighted by molar-refractivity contribution is 7.91. The molecule has 0 aliphatic carbocycles. The van der Waals surface area contributed by atoms with E-state index < -0.39 is 31.3 Å². The number of nitrogens with one attached hydrogen (secondary N) is 1. The molecule has 1 amide bonds. The zero-order chi connectivity index (χ0) is 22.5. The van der Waals surface area contributed by atoms with Crippen molar-refractivity contribution in [3.8, 4) is 0 Å². The molecule has 0 saturated carbocycles. The molecule has 11 heteroatoms. The number of carbonyl (C=O) groups excluding carboxylic acids is 1. The van der Waals surface area contributed by atoms with Crippen molar-refractivity contribution < 1.29 is 26.0 Å². The maximum absolute atomic E-state index is 12.3. The normalized spacial score (nSPS) is 11.9. The number of hydrogen-bond acceptors (Lipinski definition) is 8. The Morgan fingerprint density at radius 1 is 0.903 bits per heavy atom. The summed E-state index contributed by atoms with van der Waals surface area (Å²) >= 11 is 0. The van der Waals surface area contributed by atoms with Crippen molar-refractivity contribution in [2.24, 2.45) is 0 Å². The van der Waals surface area contributed by atoms with E-state index in [1.54, 1.807) is 30.3 Å². The summed E-state index contributed by atoms with van der Waals surface area (Å²) in [5.74, 6) is -1.37. The molecule has 0 fully saturated rings. The molecule has 0 aliphatic heterocycles. The van der Waals surface area contributed by atoms with Crippen LogP contribution in [0.5, 0.6) is 0 Å². The molecule has 3 aromatic rings. The van der Waals surface area contributed by atoms with Crippen LogP contribution in [-0.2, 0) is 30.2 Å². The number of aromatic nitrogens is 2. The highest BCUT2D eigenvalue weighted by Crippen LogP contribution is 2.17. The SMILES string of the molecule is Cc1ccc(S(=O)(=O)CCCC(=O)Nc2nnc(CS(=O)(=O)c3ccccc3)o2)cc1. The van der Waals surface area contributed by atoms with Crippen LogP contribution in [0.3, 0.4) is 0 Å². The van der Waals surface area contributed by atoms with Gasteiger partial charge >= 0.3 is 6.01 Å². The third-order valence-corrected chi connectivity index (χ3v) is 7.76. The summed E-state index contributed by atoms with van der Waals surface area (Å²) < 4.78 is 54.5. The second-order valence-corrected chi connectivity index (χ2v) is 11.0. The summed E-state index contributed by atoms with van der Waals surface area (Å²) in [5.41, 5.74) is 0.953. The monoisotopic (exact) mass is 463 g/mol. The summed E-state index contributed by atoms with van der Waals surface area (Å²) in [7, 11) is -7.15. The molecule has 1 heterocycles. The number of hydrogen-bond donors (Lipinski definition) is 1. The molecule has 164 valence electrons. The standard InChI is InChI=1S/C20H21N3O6S2/c1-15-9-11-17(12-10-15)30(25,26)13-5-8-18(24)21-20-23-22-19(29-20)14-31(27,28)16-6-3-2-4-7-16/h2-4,6-7,9-12H,5,8,13-14H2,1H3,(H,21,23,24). The van der Waals surface area contributed by atoms with Crippen molar-refractivity contribution in [3.63, 3.8) is 0 Å². The Hall–Kier alpha value is -3.05. The van der Waals surface area contributed by atoms with Gasteiger partial charge in [-0.3, -0.25) is 10.1 Å². The van der Waals surface area contributed by atoms with Gasteiger partial charge in [0.25, 0.3) is 0 Å². The van der Waals surface area contributed by atoms with Gasteiger partial charge < -0.3 is 4.42 Å². The fourth-order valence-electron chi connectivity index (χ4n) is 2.70. The van der Waals surface area contributed by atoms with Gasteiger partial charge in [0.1, 0.15) is 5.75 Å². The molecule has 0 aliphatic rings. The molecule has 1 aromatic heterocycles. The Labute approximate surface area is 180 Å². The first-order valence-electron chi connectivity index (χ1n) is 9.35. The molecule has 31 heavy (non-hydrogen) atoms. The molecule has 0 unspecified atom stereocenters. The zero-order valence-electron chi connectivity index (χ0n) is 16.7. The lowest BCUT2D eigenvalue weighted by atomic mass is 10.2. The van der Waals surface area contributed by atoms with E-state index in [1.165, 1.54) is 24.3 Å². The highest BCUT2D eigenvalue weighted by Gasteiger charge is 2.20. The summed E-state index contributed by atoms with van der Waals surface area (Å²) in [6, 6.07) is 14.1. The van der Waals surface area contributed by atoms with E-state index in [1.807, 2.05) is 6.92 Å². The van der Waals surface area contributed by atoms with Crippen LogP contribution in [0.1, 0.15) is 24.3 Å².